The van der Waals surface area contributed by atoms with Gasteiger partial charge in [-0.05, 0) is 31.7 Å². The molecule has 0 spiro atoms. The summed E-state index contributed by atoms with van der Waals surface area (Å²) in [6.45, 7) is 2.03. The lowest BCUT2D eigenvalue weighted by atomic mass is 9.85. The van der Waals surface area contributed by atoms with Crippen molar-refractivity contribution in [2.75, 3.05) is 5.32 Å². The van der Waals surface area contributed by atoms with E-state index in [-0.39, 0.29) is 27.7 Å². The summed E-state index contributed by atoms with van der Waals surface area (Å²) in [6, 6.07) is 1.44. The van der Waals surface area contributed by atoms with E-state index in [0.29, 0.717) is 5.92 Å². The standard InChI is InChI=1S/C14H19ClN4O2S/c1-9(10-5-3-2-4-6-10)17-14-18-13-12(22(20,21)19-14)7-11(15)8-16-13/h7-10H,2-6H2,1H3,(H2,16,17,18,19)/t9-/m1/s1. The summed E-state index contributed by atoms with van der Waals surface area (Å²) in [7, 11) is -3.68. The number of nitrogens with one attached hydrogen (secondary N) is 2. The molecular formula is C14H19ClN4O2S. The van der Waals surface area contributed by atoms with Crippen LogP contribution < -0.4 is 10.0 Å². The molecule has 1 aromatic rings. The lowest BCUT2D eigenvalue weighted by Gasteiger charge is -2.27. The van der Waals surface area contributed by atoms with Gasteiger partial charge in [0.05, 0.1) is 11.1 Å². The summed E-state index contributed by atoms with van der Waals surface area (Å²) in [6.07, 6.45) is 7.44. The van der Waals surface area contributed by atoms with Crippen LogP contribution in [-0.4, -0.2) is 25.4 Å². The van der Waals surface area contributed by atoms with Gasteiger partial charge in [0.15, 0.2) is 5.82 Å². The summed E-state index contributed by atoms with van der Waals surface area (Å²) in [4.78, 5) is 8.61. The van der Waals surface area contributed by atoms with E-state index in [2.05, 4.69) is 20.0 Å². The number of halogens is 1. The minimum absolute atomic E-state index is 0.0456. The summed E-state index contributed by atoms with van der Waals surface area (Å²) in [5, 5.41) is 3.22. The van der Waals surface area contributed by atoms with Crippen LogP contribution in [0.5, 0.6) is 0 Å². The second-order valence-electron chi connectivity index (χ2n) is 5.85. The van der Waals surface area contributed by atoms with Crippen molar-refractivity contribution in [2.45, 2.75) is 50.0 Å². The zero-order chi connectivity index (χ0) is 15.7. The fraction of sp³-hybridized carbons (Fsp3) is 0.571. The van der Waals surface area contributed by atoms with Crippen molar-refractivity contribution in [2.24, 2.45) is 10.9 Å². The minimum atomic E-state index is -3.68. The summed E-state index contributed by atoms with van der Waals surface area (Å²) < 4.78 is 27.0. The average molecular weight is 343 g/mol. The average Bonchev–Trinajstić information content (AvgIpc) is 2.48. The molecule has 0 aromatic carbocycles. The number of aliphatic imine (C=N–C) groups is 1. The molecule has 0 unspecified atom stereocenters. The molecule has 6 nitrogen and oxygen atoms in total. The SMILES string of the molecule is C[C@@H](N=C1Nc2ncc(Cl)cc2S(=O)(=O)N1)C1CCCCC1. The van der Waals surface area contributed by atoms with Gasteiger partial charge in [0, 0.05) is 6.20 Å². The number of hydrogen-bond acceptors (Lipinski definition) is 4. The van der Waals surface area contributed by atoms with Gasteiger partial charge in [0.1, 0.15) is 4.90 Å². The zero-order valence-corrected chi connectivity index (χ0v) is 13.9. The number of fused-ring (bicyclic) bond motifs is 1. The number of rotatable bonds is 2. The van der Waals surface area contributed by atoms with Crippen LogP contribution in [0.2, 0.25) is 5.02 Å². The molecule has 120 valence electrons. The first-order chi connectivity index (χ1) is 10.5. The van der Waals surface area contributed by atoms with E-state index < -0.39 is 10.0 Å². The van der Waals surface area contributed by atoms with Crippen molar-refractivity contribution < 1.29 is 8.42 Å². The van der Waals surface area contributed by atoms with Crippen LogP contribution in [0.25, 0.3) is 0 Å². The molecule has 8 heteroatoms. The Bertz CT molecular complexity index is 699. The molecule has 1 saturated carbocycles. The predicted molar refractivity (Wildman–Crippen MR) is 86.7 cm³/mol. The highest BCUT2D eigenvalue weighted by molar-refractivity contribution is 7.90. The van der Waals surface area contributed by atoms with E-state index in [0.717, 1.165) is 12.8 Å². The van der Waals surface area contributed by atoms with Gasteiger partial charge >= 0.3 is 0 Å². The van der Waals surface area contributed by atoms with Crippen LogP contribution in [0.15, 0.2) is 22.2 Å². The van der Waals surface area contributed by atoms with Gasteiger partial charge in [0.2, 0.25) is 5.96 Å². The lowest BCUT2D eigenvalue weighted by Crippen LogP contribution is -2.42. The first kappa shape index (κ1) is 15.6. The highest BCUT2D eigenvalue weighted by Gasteiger charge is 2.29. The lowest BCUT2D eigenvalue weighted by molar-refractivity contribution is 0.317. The predicted octanol–water partition coefficient (Wildman–Crippen LogP) is 2.76. The summed E-state index contributed by atoms with van der Waals surface area (Å²) in [5.41, 5.74) is 0. The van der Waals surface area contributed by atoms with E-state index >= 15 is 0 Å². The minimum Gasteiger partial charge on any atom is -0.309 e. The normalized spacial score (nSPS) is 24.2. The van der Waals surface area contributed by atoms with Gasteiger partial charge in [-0.2, -0.15) is 0 Å². The molecule has 0 saturated heterocycles. The molecule has 22 heavy (non-hydrogen) atoms. The quantitative estimate of drug-likeness (QED) is 0.865. The van der Waals surface area contributed by atoms with Crippen LogP contribution in [0.1, 0.15) is 39.0 Å². The Hall–Kier alpha value is -1.34. The molecular weight excluding hydrogens is 324 g/mol. The number of pyridine rings is 1. The molecule has 0 radical (unpaired) electrons. The van der Waals surface area contributed by atoms with Gasteiger partial charge in [-0.15, -0.1) is 0 Å². The number of anilines is 1. The Balaban J connectivity index is 1.85. The molecule has 1 atom stereocenters. The highest BCUT2D eigenvalue weighted by atomic mass is 35.5. The smallest absolute Gasteiger partial charge is 0.267 e. The van der Waals surface area contributed by atoms with Crippen molar-refractivity contribution >= 4 is 33.4 Å². The molecule has 2 N–H and O–H groups in total. The van der Waals surface area contributed by atoms with Crippen LogP contribution in [0.4, 0.5) is 5.82 Å². The third kappa shape index (κ3) is 3.20. The van der Waals surface area contributed by atoms with Gasteiger partial charge < -0.3 is 5.32 Å². The zero-order valence-electron chi connectivity index (χ0n) is 12.3. The van der Waals surface area contributed by atoms with E-state index in [1.807, 2.05) is 6.92 Å². The molecule has 1 aliphatic heterocycles. The van der Waals surface area contributed by atoms with Crippen molar-refractivity contribution in [1.82, 2.24) is 9.71 Å². The van der Waals surface area contributed by atoms with Crippen molar-refractivity contribution in [1.29, 1.82) is 0 Å². The molecule has 0 bridgehead atoms. The molecule has 2 aliphatic rings. The first-order valence-corrected chi connectivity index (χ1v) is 9.35. The second kappa shape index (κ2) is 6.04. The molecule has 3 rings (SSSR count). The molecule has 1 aromatic heterocycles. The van der Waals surface area contributed by atoms with Crippen molar-refractivity contribution in [3.63, 3.8) is 0 Å². The van der Waals surface area contributed by atoms with Gasteiger partial charge in [-0.1, -0.05) is 30.9 Å². The Morgan fingerprint density at radius 3 is 2.82 bits per heavy atom. The monoisotopic (exact) mass is 342 g/mol. The fourth-order valence-corrected chi connectivity index (χ4v) is 4.35. The van der Waals surface area contributed by atoms with Crippen LogP contribution in [0, 0.1) is 5.92 Å². The van der Waals surface area contributed by atoms with Crippen LogP contribution in [0.3, 0.4) is 0 Å². The molecule has 1 fully saturated rings. The Labute approximate surface area is 135 Å². The summed E-state index contributed by atoms with van der Waals surface area (Å²) >= 11 is 5.81. The van der Waals surface area contributed by atoms with E-state index in [4.69, 9.17) is 11.6 Å². The Morgan fingerprint density at radius 1 is 1.36 bits per heavy atom. The van der Waals surface area contributed by atoms with Crippen molar-refractivity contribution in [3.8, 4) is 0 Å². The van der Waals surface area contributed by atoms with E-state index in [1.165, 1.54) is 31.5 Å². The number of guanidine groups is 1. The molecule has 0 amide bonds. The Morgan fingerprint density at radius 2 is 2.09 bits per heavy atom. The van der Waals surface area contributed by atoms with Crippen LogP contribution >= 0.6 is 11.6 Å². The number of hydrogen-bond donors (Lipinski definition) is 2. The number of sulfonamides is 1. The van der Waals surface area contributed by atoms with Gasteiger partial charge in [0.25, 0.3) is 10.0 Å². The second-order valence-corrected chi connectivity index (χ2v) is 7.93. The van der Waals surface area contributed by atoms with Crippen LogP contribution in [-0.2, 0) is 10.0 Å². The van der Waals surface area contributed by atoms with E-state index in [9.17, 15) is 8.42 Å². The highest BCUT2D eigenvalue weighted by Crippen LogP contribution is 2.29. The maximum Gasteiger partial charge on any atom is 0.267 e. The molecule has 1 aliphatic carbocycles. The molecule has 2 heterocycles. The summed E-state index contributed by atoms with van der Waals surface area (Å²) in [5.74, 6) is 1.00. The van der Waals surface area contributed by atoms with Gasteiger partial charge in [-0.25, -0.2) is 23.1 Å². The number of aromatic nitrogens is 1. The topological polar surface area (TPSA) is 83.5 Å². The maximum absolute atomic E-state index is 12.3. The number of nitrogens with zero attached hydrogens (tertiary/aromatic N) is 2. The first-order valence-electron chi connectivity index (χ1n) is 7.49. The maximum atomic E-state index is 12.3. The van der Waals surface area contributed by atoms with Crippen molar-refractivity contribution in [3.05, 3.63) is 17.3 Å². The third-order valence-electron chi connectivity index (χ3n) is 4.24. The third-order valence-corrected chi connectivity index (χ3v) is 5.80. The Kier molecular flexibility index (Phi) is 4.27. The largest absolute Gasteiger partial charge is 0.309 e. The van der Waals surface area contributed by atoms with Gasteiger partial charge in [-0.3, -0.25) is 0 Å². The fourth-order valence-electron chi connectivity index (χ4n) is 3.02. The van der Waals surface area contributed by atoms with E-state index in [1.54, 1.807) is 0 Å².